The Morgan fingerprint density at radius 1 is 1.33 bits per heavy atom. The van der Waals surface area contributed by atoms with E-state index in [1.807, 2.05) is 0 Å². The summed E-state index contributed by atoms with van der Waals surface area (Å²) in [6, 6.07) is 7.01. The number of rotatable bonds is 2. The molecule has 0 atom stereocenters. The molecule has 0 radical (unpaired) electrons. The van der Waals surface area contributed by atoms with Crippen LogP contribution in [0.2, 0.25) is 0 Å². The van der Waals surface area contributed by atoms with Crippen LogP contribution < -0.4 is 9.90 Å². The number of fused-ring (bicyclic) bond motifs is 1. The van der Waals surface area contributed by atoms with Crippen molar-refractivity contribution in [2.45, 2.75) is 6.92 Å². The fourth-order valence-electron chi connectivity index (χ4n) is 1.51. The van der Waals surface area contributed by atoms with Gasteiger partial charge in [0.05, 0.1) is 10.8 Å². The van der Waals surface area contributed by atoms with Crippen LogP contribution in [0.4, 0.5) is 5.69 Å². The van der Waals surface area contributed by atoms with Crippen molar-refractivity contribution in [2.75, 3.05) is 0 Å². The lowest BCUT2D eigenvalue weighted by molar-refractivity contribution is -0.711. The number of aromatic nitrogens is 5. The highest BCUT2D eigenvalue weighted by Gasteiger charge is 2.17. The zero-order chi connectivity index (χ0) is 12.5. The average Bonchev–Trinajstić information content (AvgIpc) is 2.89. The molecule has 90 valence electrons. The van der Waals surface area contributed by atoms with Crippen LogP contribution in [0.1, 0.15) is 6.92 Å². The zero-order valence-electron chi connectivity index (χ0n) is 9.36. The summed E-state index contributed by atoms with van der Waals surface area (Å²) in [6.07, 6.45) is 0. The van der Waals surface area contributed by atoms with Gasteiger partial charge in [-0.25, -0.2) is 4.63 Å². The molecule has 0 spiro atoms. The number of hydrogen-bond acceptors (Lipinski definition) is 6. The Bertz CT molecular complexity index is 679. The van der Waals surface area contributed by atoms with Gasteiger partial charge in [0.2, 0.25) is 0 Å². The van der Waals surface area contributed by atoms with Crippen molar-refractivity contribution in [1.82, 2.24) is 20.5 Å². The molecule has 1 N–H and O–H groups in total. The van der Waals surface area contributed by atoms with Gasteiger partial charge in [-0.1, -0.05) is 0 Å². The first-order valence-corrected chi connectivity index (χ1v) is 5.16. The third kappa shape index (κ3) is 1.79. The molecular weight excluding hydrogens is 236 g/mol. The van der Waals surface area contributed by atoms with Gasteiger partial charge in [-0.15, -0.1) is 5.10 Å². The molecule has 0 aliphatic carbocycles. The highest BCUT2D eigenvalue weighted by Crippen LogP contribution is 2.12. The standard InChI is InChI=1S/C10H8N6O2/c1-6(17)11-7-2-4-8(5-3-7)16-12-9-10(13-16)15-18-14-9/h2-5H,1H3,(H-,11,12,13,14,15,17). The van der Waals surface area contributed by atoms with Gasteiger partial charge in [-0.2, -0.15) is 0 Å². The van der Waals surface area contributed by atoms with Gasteiger partial charge in [-0.05, 0) is 35.3 Å². The summed E-state index contributed by atoms with van der Waals surface area (Å²) in [7, 11) is 0. The Morgan fingerprint density at radius 2 is 2.11 bits per heavy atom. The molecule has 8 nitrogen and oxygen atoms in total. The van der Waals surface area contributed by atoms with E-state index in [4.69, 9.17) is 0 Å². The Labute approximate surface area is 101 Å². The summed E-state index contributed by atoms with van der Waals surface area (Å²) in [5.74, 6) is -0.234. The van der Waals surface area contributed by atoms with Gasteiger partial charge in [0.1, 0.15) is 0 Å². The van der Waals surface area contributed by atoms with Crippen LogP contribution in [0.5, 0.6) is 0 Å². The molecule has 0 aliphatic heterocycles. The number of nitrogens with zero attached hydrogens (tertiary/aromatic N) is 5. The number of hydrogen-bond donors (Lipinski definition) is 1. The summed E-state index contributed by atoms with van der Waals surface area (Å²) in [5, 5.41) is 25.1. The molecule has 2 heterocycles. The van der Waals surface area contributed by atoms with Gasteiger partial charge in [0.25, 0.3) is 11.3 Å². The van der Waals surface area contributed by atoms with E-state index in [0.717, 1.165) is 5.69 Å². The molecule has 0 bridgehead atoms. The van der Waals surface area contributed by atoms with Gasteiger partial charge in [0.15, 0.2) is 0 Å². The van der Waals surface area contributed by atoms with E-state index in [0.29, 0.717) is 17.0 Å². The number of aliphatic imine (C=N–C) groups is 1. The summed E-state index contributed by atoms with van der Waals surface area (Å²) in [4.78, 5) is 5.32. The molecular formula is C10H8N6O2. The van der Waals surface area contributed by atoms with Gasteiger partial charge >= 0.3 is 5.65 Å². The van der Waals surface area contributed by atoms with E-state index >= 15 is 0 Å². The fraction of sp³-hybridized carbons (Fsp3) is 0.100. The van der Waals surface area contributed by atoms with Crippen molar-refractivity contribution in [1.29, 1.82) is 0 Å². The van der Waals surface area contributed by atoms with E-state index in [2.05, 4.69) is 30.1 Å². The predicted octanol–water partition coefficient (Wildman–Crippen LogP) is -0.367. The molecule has 0 saturated carbocycles. The molecule has 18 heavy (non-hydrogen) atoms. The SMILES string of the molecule is CC([O-])=Nc1ccc(-[n+]2nc3nonc3[nH]2)cc1. The third-order valence-electron chi connectivity index (χ3n) is 2.26. The molecule has 0 amide bonds. The van der Waals surface area contributed by atoms with Crippen LogP contribution in [0, 0.1) is 0 Å². The number of benzene rings is 1. The number of nitrogens with one attached hydrogen (secondary N) is 1. The minimum absolute atomic E-state index is 0.234. The smallest absolute Gasteiger partial charge is 0.314 e. The molecule has 3 rings (SSSR count). The van der Waals surface area contributed by atoms with E-state index in [-0.39, 0.29) is 5.90 Å². The number of aromatic amines is 1. The van der Waals surface area contributed by atoms with Crippen molar-refractivity contribution in [3.05, 3.63) is 24.3 Å². The predicted molar refractivity (Wildman–Crippen MR) is 58.3 cm³/mol. The normalized spacial score (nSPS) is 12.2. The minimum Gasteiger partial charge on any atom is -0.862 e. The quantitative estimate of drug-likeness (QED) is 0.376. The van der Waals surface area contributed by atoms with E-state index < -0.39 is 0 Å². The lowest BCUT2D eigenvalue weighted by atomic mass is 10.3. The largest absolute Gasteiger partial charge is 0.862 e. The summed E-state index contributed by atoms with van der Waals surface area (Å²) in [6.45, 7) is 1.41. The van der Waals surface area contributed by atoms with Crippen LogP contribution in [0.3, 0.4) is 0 Å². The zero-order valence-corrected chi connectivity index (χ0v) is 9.36. The van der Waals surface area contributed by atoms with Crippen LogP contribution in [-0.4, -0.2) is 26.4 Å². The Balaban J connectivity index is 1.97. The van der Waals surface area contributed by atoms with Gasteiger partial charge in [0, 0.05) is 16.9 Å². The summed E-state index contributed by atoms with van der Waals surface area (Å²) >= 11 is 0. The first-order valence-electron chi connectivity index (χ1n) is 5.16. The second kappa shape index (κ2) is 3.91. The molecule has 0 unspecified atom stereocenters. The van der Waals surface area contributed by atoms with Crippen LogP contribution in [0.25, 0.3) is 17.0 Å². The second-order valence-electron chi connectivity index (χ2n) is 3.61. The van der Waals surface area contributed by atoms with Crippen LogP contribution >= 0.6 is 0 Å². The van der Waals surface area contributed by atoms with E-state index in [1.54, 1.807) is 24.3 Å². The number of H-pyrrole nitrogens is 1. The van der Waals surface area contributed by atoms with E-state index in [9.17, 15) is 5.11 Å². The topological polar surface area (TPSA) is 107 Å². The molecule has 0 fully saturated rings. The third-order valence-corrected chi connectivity index (χ3v) is 2.26. The lowest BCUT2D eigenvalue weighted by Gasteiger charge is -2.01. The maximum Gasteiger partial charge on any atom is 0.314 e. The Hall–Kier alpha value is -2.77. The minimum atomic E-state index is -0.234. The van der Waals surface area contributed by atoms with Crippen molar-refractivity contribution in [2.24, 2.45) is 4.99 Å². The summed E-state index contributed by atoms with van der Waals surface area (Å²) in [5.41, 5.74) is 2.24. The van der Waals surface area contributed by atoms with Crippen LogP contribution in [0.15, 0.2) is 33.9 Å². The molecule has 1 aromatic carbocycles. The highest BCUT2D eigenvalue weighted by molar-refractivity contribution is 5.72. The van der Waals surface area contributed by atoms with E-state index in [1.165, 1.54) is 11.7 Å². The Morgan fingerprint density at radius 3 is 2.78 bits per heavy atom. The second-order valence-corrected chi connectivity index (χ2v) is 3.61. The average molecular weight is 244 g/mol. The highest BCUT2D eigenvalue weighted by atomic mass is 16.6. The Kier molecular flexibility index (Phi) is 2.26. The van der Waals surface area contributed by atoms with Crippen LogP contribution in [-0.2, 0) is 0 Å². The van der Waals surface area contributed by atoms with Crippen molar-refractivity contribution < 1.29 is 14.5 Å². The first kappa shape index (κ1) is 10.4. The van der Waals surface area contributed by atoms with Crippen molar-refractivity contribution in [3.63, 3.8) is 0 Å². The maximum atomic E-state index is 10.8. The fourth-order valence-corrected chi connectivity index (χ4v) is 1.51. The molecule has 8 heteroatoms. The van der Waals surface area contributed by atoms with Crippen molar-refractivity contribution in [3.8, 4) is 5.69 Å². The lowest BCUT2D eigenvalue weighted by Crippen LogP contribution is -2.35. The molecule has 0 saturated heterocycles. The monoisotopic (exact) mass is 244 g/mol. The first-order chi connectivity index (χ1) is 8.72. The molecule has 3 aromatic rings. The molecule has 0 aliphatic rings. The van der Waals surface area contributed by atoms with Gasteiger partial charge < -0.3 is 5.11 Å². The summed E-state index contributed by atoms with van der Waals surface area (Å²) < 4.78 is 4.50. The van der Waals surface area contributed by atoms with Crippen molar-refractivity contribution >= 4 is 22.9 Å². The molecule has 2 aromatic heterocycles. The maximum absolute atomic E-state index is 10.8. The van der Waals surface area contributed by atoms with Gasteiger partial charge in [-0.3, -0.25) is 4.99 Å².